The lowest BCUT2D eigenvalue weighted by Crippen LogP contribution is -2.44. The summed E-state index contributed by atoms with van der Waals surface area (Å²) in [5.41, 5.74) is 19.7. The van der Waals surface area contributed by atoms with Gasteiger partial charge < -0.3 is 0 Å². The van der Waals surface area contributed by atoms with Crippen molar-refractivity contribution in [2.24, 2.45) is 0 Å². The Kier molecular flexibility index (Phi) is 8.08. The van der Waals surface area contributed by atoms with Crippen LogP contribution in [0.1, 0.15) is 44.5 Å². The highest BCUT2D eigenvalue weighted by atomic mass is 32.1. The molecule has 0 saturated heterocycles. The molecule has 2 spiro atoms. The van der Waals surface area contributed by atoms with Gasteiger partial charge >= 0.3 is 0 Å². The summed E-state index contributed by atoms with van der Waals surface area (Å²) >= 11 is 1.89. The standard InChI is InChI=1S/C65H39N3S/c1-3-19-40(20-4-1)61-66-62(41-21-5-2-6-22-41)68-63(67-61)43-24-17-23-42(39-43)44-28-18-29-48-58-55(37-38-57-59(58)47-27-9-16-36-56(47)69-57)65(60(44)48)53-34-14-12-32-51(53)64(52-33-13-15-35-54(52)65)49-30-10-7-25-45(49)46-26-8-11-31-50(46)64/h1-39H. The molecule has 0 N–H and O–H groups in total. The summed E-state index contributed by atoms with van der Waals surface area (Å²) in [5, 5.41) is 2.63. The highest BCUT2D eigenvalue weighted by Crippen LogP contribution is 2.69. The fraction of sp³-hybridized carbons (Fsp3) is 0.0308. The Morgan fingerprint density at radius 1 is 0.290 bits per heavy atom. The lowest BCUT2D eigenvalue weighted by Gasteiger charge is -2.49. The highest BCUT2D eigenvalue weighted by molar-refractivity contribution is 7.26. The molecule has 0 fully saturated rings. The molecular weight excluding hydrogens is 855 g/mol. The van der Waals surface area contributed by atoms with Crippen molar-refractivity contribution >= 4 is 31.5 Å². The summed E-state index contributed by atoms with van der Waals surface area (Å²) in [6, 6.07) is 87.2. The maximum atomic E-state index is 5.20. The molecule has 2 heterocycles. The van der Waals surface area contributed by atoms with Crippen LogP contribution in [0.5, 0.6) is 0 Å². The molecule has 0 aliphatic heterocycles. The van der Waals surface area contributed by atoms with Gasteiger partial charge in [0, 0.05) is 36.9 Å². The van der Waals surface area contributed by atoms with E-state index in [0.717, 1.165) is 22.3 Å². The third-order valence-corrected chi connectivity index (χ3v) is 16.3. The first-order chi connectivity index (χ1) is 34.2. The second kappa shape index (κ2) is 14.5. The number of benzene rings is 10. The average Bonchev–Trinajstić information content (AvgIpc) is 4.06. The molecule has 69 heavy (non-hydrogen) atoms. The van der Waals surface area contributed by atoms with Gasteiger partial charge in [-0.1, -0.05) is 218 Å². The van der Waals surface area contributed by atoms with Crippen molar-refractivity contribution < 1.29 is 0 Å². The van der Waals surface area contributed by atoms with E-state index in [1.807, 2.05) is 47.7 Å². The van der Waals surface area contributed by atoms with Crippen molar-refractivity contribution in [3.63, 3.8) is 0 Å². The SMILES string of the molecule is c1ccc(-c2nc(-c3ccccc3)nc(-c3cccc(-c4cccc5c4C4(c6ccccc6C6(c7ccccc7-c7ccccc76)c6ccccc64)c4ccc6sc7ccccc7c6c4-5)c3)n2)cc1. The van der Waals surface area contributed by atoms with Crippen LogP contribution in [0.15, 0.2) is 237 Å². The van der Waals surface area contributed by atoms with Gasteiger partial charge in [0.15, 0.2) is 17.5 Å². The van der Waals surface area contributed by atoms with Crippen molar-refractivity contribution in [1.82, 2.24) is 15.0 Å². The van der Waals surface area contributed by atoms with Crippen LogP contribution in [0.4, 0.5) is 0 Å². The number of rotatable bonds is 4. The number of thiophene rings is 1. The van der Waals surface area contributed by atoms with Gasteiger partial charge in [-0.25, -0.2) is 15.0 Å². The van der Waals surface area contributed by atoms with E-state index in [2.05, 4.69) is 200 Å². The third-order valence-electron chi connectivity index (χ3n) is 15.2. The number of nitrogens with zero attached hydrogens (tertiary/aromatic N) is 3. The van der Waals surface area contributed by atoms with E-state index in [9.17, 15) is 0 Å². The van der Waals surface area contributed by atoms with Gasteiger partial charge in [-0.3, -0.25) is 0 Å². The minimum atomic E-state index is -0.687. The van der Waals surface area contributed by atoms with E-state index in [1.54, 1.807) is 0 Å². The summed E-state index contributed by atoms with van der Waals surface area (Å²) in [6.07, 6.45) is 0. The molecule has 12 aromatic rings. The summed E-state index contributed by atoms with van der Waals surface area (Å²) in [4.78, 5) is 15.4. The summed E-state index contributed by atoms with van der Waals surface area (Å²) in [7, 11) is 0. The van der Waals surface area contributed by atoms with Gasteiger partial charge in [-0.05, 0) is 96.1 Å². The number of aromatic nitrogens is 3. The third kappa shape index (κ3) is 5.13. The quantitative estimate of drug-likeness (QED) is 0.177. The van der Waals surface area contributed by atoms with Gasteiger partial charge in [0.05, 0.1) is 10.8 Å². The van der Waals surface area contributed by atoms with Crippen LogP contribution >= 0.6 is 11.3 Å². The van der Waals surface area contributed by atoms with E-state index < -0.39 is 10.8 Å². The second-order valence-electron chi connectivity index (χ2n) is 18.5. The van der Waals surface area contributed by atoms with Crippen LogP contribution in [0, 0.1) is 0 Å². The monoisotopic (exact) mass is 893 g/mol. The zero-order valence-electron chi connectivity index (χ0n) is 37.3. The van der Waals surface area contributed by atoms with E-state index in [1.165, 1.54) is 92.5 Å². The van der Waals surface area contributed by atoms with Crippen LogP contribution in [0.2, 0.25) is 0 Å². The molecule has 0 atom stereocenters. The molecular formula is C65H39N3S. The fourth-order valence-corrected chi connectivity index (χ4v) is 13.8. The summed E-state index contributed by atoms with van der Waals surface area (Å²) in [5.74, 6) is 1.92. The molecule has 0 amide bonds. The van der Waals surface area contributed by atoms with Gasteiger partial charge in [0.25, 0.3) is 0 Å². The Morgan fingerprint density at radius 2 is 0.739 bits per heavy atom. The summed E-state index contributed by atoms with van der Waals surface area (Å²) in [6.45, 7) is 0. The largest absolute Gasteiger partial charge is 0.208 e. The molecule has 15 rings (SSSR count). The van der Waals surface area contributed by atoms with Crippen molar-refractivity contribution in [2.75, 3.05) is 0 Å². The van der Waals surface area contributed by atoms with Gasteiger partial charge in [0.2, 0.25) is 0 Å². The van der Waals surface area contributed by atoms with Crippen molar-refractivity contribution in [3.8, 4) is 67.5 Å². The maximum Gasteiger partial charge on any atom is 0.164 e. The summed E-state index contributed by atoms with van der Waals surface area (Å²) < 4.78 is 2.60. The number of hydrogen-bond donors (Lipinski definition) is 0. The molecule has 3 aliphatic carbocycles. The van der Waals surface area contributed by atoms with Crippen LogP contribution in [-0.2, 0) is 10.8 Å². The van der Waals surface area contributed by atoms with Crippen LogP contribution in [0.25, 0.3) is 87.7 Å². The highest BCUT2D eigenvalue weighted by Gasteiger charge is 2.59. The predicted octanol–water partition coefficient (Wildman–Crippen LogP) is 15.9. The number of fused-ring (bicyclic) bond motifs is 20. The van der Waals surface area contributed by atoms with Gasteiger partial charge in [-0.2, -0.15) is 0 Å². The Morgan fingerprint density at radius 3 is 1.36 bits per heavy atom. The van der Waals surface area contributed by atoms with Gasteiger partial charge in [0.1, 0.15) is 0 Å². The van der Waals surface area contributed by atoms with Crippen LogP contribution < -0.4 is 0 Å². The molecule has 3 nitrogen and oxygen atoms in total. The fourth-order valence-electron chi connectivity index (χ4n) is 12.7. The van der Waals surface area contributed by atoms with Gasteiger partial charge in [-0.15, -0.1) is 11.3 Å². The molecule has 3 aliphatic rings. The first-order valence-electron chi connectivity index (χ1n) is 23.7. The van der Waals surface area contributed by atoms with Crippen LogP contribution in [0.3, 0.4) is 0 Å². The van der Waals surface area contributed by atoms with E-state index >= 15 is 0 Å². The second-order valence-corrected chi connectivity index (χ2v) is 19.6. The molecule has 0 radical (unpaired) electrons. The lowest BCUT2D eigenvalue weighted by molar-refractivity contribution is 0.634. The Labute approximate surface area is 403 Å². The minimum Gasteiger partial charge on any atom is -0.208 e. The Balaban J connectivity index is 1.05. The molecule has 0 unspecified atom stereocenters. The first kappa shape index (κ1) is 38.5. The first-order valence-corrected chi connectivity index (χ1v) is 24.5. The lowest BCUT2D eigenvalue weighted by atomic mass is 9.52. The van der Waals surface area contributed by atoms with E-state index in [0.29, 0.717) is 17.5 Å². The average molecular weight is 894 g/mol. The molecule has 0 saturated carbocycles. The molecule has 10 aromatic carbocycles. The van der Waals surface area contributed by atoms with Crippen molar-refractivity contribution in [1.29, 1.82) is 0 Å². The normalized spacial score (nSPS) is 14.0. The predicted molar refractivity (Wildman–Crippen MR) is 283 cm³/mol. The molecule has 0 bridgehead atoms. The molecule has 4 heteroatoms. The van der Waals surface area contributed by atoms with Crippen molar-refractivity contribution in [2.45, 2.75) is 10.8 Å². The smallest absolute Gasteiger partial charge is 0.164 e. The Hall–Kier alpha value is -8.57. The van der Waals surface area contributed by atoms with Crippen LogP contribution in [-0.4, -0.2) is 15.0 Å². The van der Waals surface area contributed by atoms with E-state index in [4.69, 9.17) is 15.0 Å². The maximum absolute atomic E-state index is 5.20. The zero-order valence-corrected chi connectivity index (χ0v) is 38.1. The van der Waals surface area contributed by atoms with E-state index in [-0.39, 0.29) is 0 Å². The van der Waals surface area contributed by atoms with Crippen molar-refractivity contribution in [3.05, 3.63) is 281 Å². The zero-order chi connectivity index (χ0) is 45.3. The molecule has 320 valence electrons. The minimum absolute atomic E-state index is 0.534. The Bertz CT molecular complexity index is 3940. The molecule has 2 aromatic heterocycles. The number of hydrogen-bond acceptors (Lipinski definition) is 4. The topological polar surface area (TPSA) is 38.7 Å².